The first-order valence-electron chi connectivity index (χ1n) is 9.24. The van der Waals surface area contributed by atoms with Gasteiger partial charge in [0.25, 0.3) is 0 Å². The second kappa shape index (κ2) is 7.38. The molecule has 0 radical (unpaired) electrons. The Bertz CT molecular complexity index is 807. The van der Waals surface area contributed by atoms with Crippen LogP contribution in [-0.2, 0) is 4.74 Å². The lowest BCUT2D eigenvalue weighted by Crippen LogP contribution is -2.47. The van der Waals surface area contributed by atoms with Crippen LogP contribution in [0.5, 0.6) is 0 Å². The van der Waals surface area contributed by atoms with Crippen LogP contribution in [0.1, 0.15) is 34.6 Å². The van der Waals surface area contributed by atoms with Crippen LogP contribution in [0.15, 0.2) is 23.3 Å². The van der Waals surface area contributed by atoms with E-state index in [4.69, 9.17) is 4.74 Å². The number of ether oxygens (including phenoxy) is 1. The lowest BCUT2D eigenvalue weighted by molar-refractivity contribution is 0.0911. The molecule has 2 bridgehead atoms. The molecule has 2 aliphatic rings. The highest BCUT2D eigenvalue weighted by atomic mass is 16.6. The molecule has 0 spiro atoms. The van der Waals surface area contributed by atoms with Crippen molar-refractivity contribution in [3.8, 4) is 24.3 Å². The van der Waals surface area contributed by atoms with Crippen LogP contribution in [0.2, 0.25) is 0 Å². The maximum atomic E-state index is 13.0. The highest BCUT2D eigenvalue weighted by Gasteiger charge is 2.75. The largest absolute Gasteiger partial charge is 0.450 e. The van der Waals surface area contributed by atoms with Gasteiger partial charge in [-0.2, -0.15) is 21.0 Å². The van der Waals surface area contributed by atoms with E-state index in [1.54, 1.807) is 6.92 Å². The van der Waals surface area contributed by atoms with Crippen LogP contribution >= 0.6 is 0 Å². The van der Waals surface area contributed by atoms with Crippen LogP contribution in [0.25, 0.3) is 0 Å². The highest BCUT2D eigenvalue weighted by Crippen LogP contribution is 2.60. The standard InChI is InChI=1S/C21H23N5O2/c1-6-28-19(27)26-17-15(13(2)3)7-8-16(14(4)5)18(26)21(11-24,12-25)20(17,9-22)10-23/h7-8,13-14,17-18H,6H2,1-5H3. The number of carbonyl (C=O) groups excluding carboxylic acids is 1. The Balaban J connectivity index is 3.03. The molecular formula is C21H23N5O2. The molecule has 1 saturated heterocycles. The van der Waals surface area contributed by atoms with E-state index in [1.165, 1.54) is 4.90 Å². The minimum Gasteiger partial charge on any atom is -0.450 e. The van der Waals surface area contributed by atoms with E-state index in [-0.39, 0.29) is 18.4 Å². The molecule has 2 atom stereocenters. The van der Waals surface area contributed by atoms with Gasteiger partial charge in [-0.25, -0.2) is 4.79 Å². The average molecular weight is 377 g/mol. The van der Waals surface area contributed by atoms with Crippen molar-refractivity contribution in [1.82, 2.24) is 4.90 Å². The van der Waals surface area contributed by atoms with Crippen LogP contribution in [-0.4, -0.2) is 29.7 Å². The highest BCUT2D eigenvalue weighted by molar-refractivity contribution is 5.74. The first-order chi connectivity index (χ1) is 13.2. The molecule has 0 aromatic rings. The Kier molecular flexibility index (Phi) is 5.54. The summed E-state index contributed by atoms with van der Waals surface area (Å²) in [5.41, 5.74) is -2.80. The zero-order valence-corrected chi connectivity index (χ0v) is 16.7. The van der Waals surface area contributed by atoms with Crippen molar-refractivity contribution < 1.29 is 9.53 Å². The molecule has 2 rings (SSSR count). The minimum atomic E-state index is -2.04. The Labute approximate surface area is 165 Å². The molecule has 7 heteroatoms. The topological polar surface area (TPSA) is 125 Å². The fourth-order valence-corrected chi connectivity index (χ4v) is 4.27. The summed E-state index contributed by atoms with van der Waals surface area (Å²) < 4.78 is 5.23. The predicted octanol–water partition coefficient (Wildman–Crippen LogP) is 3.44. The van der Waals surface area contributed by atoms with Crippen LogP contribution < -0.4 is 0 Å². The lowest BCUT2D eigenvalue weighted by atomic mass is 9.59. The van der Waals surface area contributed by atoms with E-state index >= 15 is 0 Å². The van der Waals surface area contributed by atoms with E-state index < -0.39 is 29.0 Å². The average Bonchev–Trinajstić information content (AvgIpc) is 2.76. The third kappa shape index (κ3) is 2.48. The Morgan fingerprint density at radius 1 is 0.964 bits per heavy atom. The predicted molar refractivity (Wildman–Crippen MR) is 99.6 cm³/mol. The SMILES string of the molecule is CCOC(=O)N1C2C(C(C)C)=CC=C(C(C)C)C1C(C#N)(C#N)C2(C#N)C#N. The second-order valence-corrected chi connectivity index (χ2v) is 7.62. The van der Waals surface area contributed by atoms with Gasteiger partial charge in [-0.15, -0.1) is 0 Å². The number of carbonyl (C=O) groups is 1. The molecule has 2 aliphatic heterocycles. The van der Waals surface area contributed by atoms with Crippen molar-refractivity contribution in [3.63, 3.8) is 0 Å². The monoisotopic (exact) mass is 377 g/mol. The van der Waals surface area contributed by atoms with Gasteiger partial charge >= 0.3 is 6.09 Å². The van der Waals surface area contributed by atoms with Crippen molar-refractivity contribution in [2.45, 2.75) is 46.7 Å². The molecule has 0 aliphatic carbocycles. The molecule has 0 saturated carbocycles. The van der Waals surface area contributed by atoms with Crippen LogP contribution in [0.3, 0.4) is 0 Å². The molecule has 1 amide bonds. The van der Waals surface area contributed by atoms with Crippen LogP contribution in [0.4, 0.5) is 4.79 Å². The molecule has 7 nitrogen and oxygen atoms in total. The number of hydrogen-bond donors (Lipinski definition) is 0. The molecule has 0 aromatic carbocycles. The maximum Gasteiger partial charge on any atom is 0.410 e. The van der Waals surface area contributed by atoms with Gasteiger partial charge in [0, 0.05) is 0 Å². The zero-order valence-electron chi connectivity index (χ0n) is 16.7. The van der Waals surface area contributed by atoms with Crippen LogP contribution in [0, 0.1) is 68.0 Å². The Morgan fingerprint density at radius 2 is 1.32 bits per heavy atom. The third-order valence-corrected chi connectivity index (χ3v) is 5.62. The number of nitrogens with zero attached hydrogens (tertiary/aromatic N) is 5. The number of amides is 1. The van der Waals surface area contributed by atoms with Gasteiger partial charge in [0.05, 0.1) is 43.0 Å². The molecule has 144 valence electrons. The summed E-state index contributed by atoms with van der Waals surface area (Å²) in [6.45, 7) is 9.29. The quantitative estimate of drug-likeness (QED) is 0.742. The number of hydrogen-bond acceptors (Lipinski definition) is 6. The number of allylic oxidation sites excluding steroid dienone is 2. The van der Waals surface area contributed by atoms with E-state index in [9.17, 15) is 25.8 Å². The summed E-state index contributed by atoms with van der Waals surface area (Å²) in [6.07, 6.45) is 2.90. The van der Waals surface area contributed by atoms with Gasteiger partial charge in [0.1, 0.15) is 0 Å². The summed E-state index contributed by atoms with van der Waals surface area (Å²) in [5, 5.41) is 40.4. The molecular weight excluding hydrogens is 354 g/mol. The molecule has 2 heterocycles. The number of fused-ring (bicyclic) bond motifs is 2. The minimum absolute atomic E-state index is 0.0917. The zero-order chi connectivity index (χ0) is 21.3. The Hall–Kier alpha value is -3.29. The smallest absolute Gasteiger partial charge is 0.410 e. The number of rotatable bonds is 3. The van der Waals surface area contributed by atoms with Crippen molar-refractivity contribution in [3.05, 3.63) is 23.3 Å². The fraction of sp³-hybridized carbons (Fsp3) is 0.571. The van der Waals surface area contributed by atoms with Gasteiger partial charge in [-0.1, -0.05) is 39.8 Å². The normalized spacial score (nSPS) is 24.2. The van der Waals surface area contributed by atoms with Gasteiger partial charge in [-0.05, 0) is 29.9 Å². The molecule has 0 aromatic heterocycles. The molecule has 0 N–H and O–H groups in total. The van der Waals surface area contributed by atoms with Crippen molar-refractivity contribution >= 4 is 6.09 Å². The third-order valence-electron chi connectivity index (χ3n) is 5.62. The van der Waals surface area contributed by atoms with E-state index in [0.717, 1.165) is 0 Å². The summed E-state index contributed by atoms with van der Waals surface area (Å²) in [7, 11) is 0. The van der Waals surface area contributed by atoms with Crippen molar-refractivity contribution in [2.24, 2.45) is 22.7 Å². The van der Waals surface area contributed by atoms with Gasteiger partial charge in [0.15, 0.2) is 0 Å². The summed E-state index contributed by atoms with van der Waals surface area (Å²) in [5.74, 6) is -0.251. The maximum absolute atomic E-state index is 13.0. The summed E-state index contributed by atoms with van der Waals surface area (Å²) >= 11 is 0. The first-order valence-corrected chi connectivity index (χ1v) is 9.24. The van der Waals surface area contributed by atoms with Gasteiger partial charge in [-0.3, -0.25) is 4.90 Å². The first kappa shape index (κ1) is 21.0. The summed E-state index contributed by atoms with van der Waals surface area (Å²) in [6, 6.07) is 5.75. The van der Waals surface area contributed by atoms with Crippen molar-refractivity contribution in [1.29, 1.82) is 21.0 Å². The van der Waals surface area contributed by atoms with E-state index in [2.05, 4.69) is 0 Å². The fourth-order valence-electron chi connectivity index (χ4n) is 4.27. The Morgan fingerprint density at radius 3 is 1.57 bits per heavy atom. The molecule has 28 heavy (non-hydrogen) atoms. The summed E-state index contributed by atoms with van der Waals surface area (Å²) in [4.78, 5) is 14.3. The number of nitriles is 4. The van der Waals surface area contributed by atoms with E-state index in [1.807, 2.05) is 64.1 Å². The van der Waals surface area contributed by atoms with Crippen molar-refractivity contribution in [2.75, 3.05) is 6.61 Å². The molecule has 2 unspecified atom stereocenters. The second-order valence-electron chi connectivity index (χ2n) is 7.62. The lowest BCUT2D eigenvalue weighted by Gasteiger charge is -2.33. The van der Waals surface area contributed by atoms with Gasteiger partial charge < -0.3 is 4.74 Å². The van der Waals surface area contributed by atoms with E-state index in [0.29, 0.717) is 11.1 Å². The molecule has 1 fully saturated rings. The van der Waals surface area contributed by atoms with Gasteiger partial charge in [0.2, 0.25) is 10.8 Å².